The maximum atomic E-state index is 12.1. The second-order valence-electron chi connectivity index (χ2n) is 3.58. The van der Waals surface area contributed by atoms with Crippen LogP contribution in [-0.2, 0) is 16.6 Å². The Kier molecular flexibility index (Phi) is 3.76. The Balaban J connectivity index is 2.23. The third-order valence-corrected chi connectivity index (χ3v) is 4.97. The first-order chi connectivity index (χ1) is 8.54. The van der Waals surface area contributed by atoms with Gasteiger partial charge in [-0.15, -0.1) is 11.3 Å². The summed E-state index contributed by atoms with van der Waals surface area (Å²) in [6.45, 7) is 1.35. The second-order valence-corrected chi connectivity index (χ2v) is 6.26. The number of thiophene rings is 1. The van der Waals surface area contributed by atoms with Gasteiger partial charge in [0.1, 0.15) is 12.2 Å². The number of aliphatic hydroxyl groups excluding tert-OH is 1. The molecule has 0 aliphatic rings. The van der Waals surface area contributed by atoms with Crippen molar-refractivity contribution in [3.05, 3.63) is 28.5 Å². The lowest BCUT2D eigenvalue weighted by atomic mass is 10.3. The van der Waals surface area contributed by atoms with Crippen LogP contribution >= 0.6 is 11.3 Å². The minimum absolute atomic E-state index is 0.0985. The van der Waals surface area contributed by atoms with Crippen LogP contribution in [-0.4, -0.2) is 28.7 Å². The fourth-order valence-electron chi connectivity index (χ4n) is 1.46. The summed E-state index contributed by atoms with van der Waals surface area (Å²) in [4.78, 5) is 4.39. The zero-order valence-electron chi connectivity index (χ0n) is 9.49. The van der Waals surface area contributed by atoms with Gasteiger partial charge in [0.15, 0.2) is 0 Å². The second kappa shape index (κ2) is 5.14. The van der Waals surface area contributed by atoms with Crippen molar-refractivity contribution in [3.8, 4) is 0 Å². The summed E-state index contributed by atoms with van der Waals surface area (Å²) in [5.74, 6) is 0.430. The number of hydrogen-bond acceptors (Lipinski definition) is 6. The van der Waals surface area contributed by atoms with Crippen LogP contribution in [0.1, 0.15) is 23.7 Å². The van der Waals surface area contributed by atoms with Crippen molar-refractivity contribution in [3.63, 3.8) is 0 Å². The predicted octanol–water partition coefficient (Wildman–Crippen LogP) is 0.398. The summed E-state index contributed by atoms with van der Waals surface area (Å²) in [5, 5.41) is 17.0. The van der Waals surface area contributed by atoms with Crippen molar-refractivity contribution >= 4 is 21.4 Å². The Hall–Kier alpha value is -1.29. The minimum atomic E-state index is -3.67. The molecule has 0 aliphatic heterocycles. The van der Waals surface area contributed by atoms with Crippen LogP contribution in [0.3, 0.4) is 0 Å². The molecule has 0 bridgehead atoms. The van der Waals surface area contributed by atoms with E-state index in [1.54, 1.807) is 12.3 Å². The molecule has 0 radical (unpaired) electrons. The fraction of sp³-hybridized carbons (Fsp3) is 0.333. The standard InChI is InChI=1S/C9H12N4O3S2/c1-6(9-10-5-11-12-9)13-18(15,16)8-2-3-17-7(8)4-14/h2-3,5-6,13-14H,4H2,1H3,(H,10,11,12). The van der Waals surface area contributed by atoms with Crippen molar-refractivity contribution in [1.29, 1.82) is 0 Å². The Bertz CT molecular complexity index is 606. The highest BCUT2D eigenvalue weighted by Crippen LogP contribution is 2.23. The van der Waals surface area contributed by atoms with Gasteiger partial charge in [0.25, 0.3) is 0 Å². The molecule has 2 heterocycles. The molecule has 18 heavy (non-hydrogen) atoms. The van der Waals surface area contributed by atoms with Crippen LogP contribution < -0.4 is 4.72 Å². The van der Waals surface area contributed by atoms with Crippen molar-refractivity contribution in [1.82, 2.24) is 19.9 Å². The van der Waals surface area contributed by atoms with E-state index in [0.717, 1.165) is 0 Å². The molecule has 1 unspecified atom stereocenters. The van der Waals surface area contributed by atoms with E-state index < -0.39 is 16.1 Å². The molecule has 2 rings (SSSR count). The topological polar surface area (TPSA) is 108 Å². The Morgan fingerprint density at radius 1 is 1.61 bits per heavy atom. The summed E-state index contributed by atoms with van der Waals surface area (Å²) < 4.78 is 26.7. The molecule has 0 aromatic carbocycles. The van der Waals surface area contributed by atoms with Crippen LogP contribution in [0.2, 0.25) is 0 Å². The average Bonchev–Trinajstić information content (AvgIpc) is 2.99. The molecule has 0 spiro atoms. The van der Waals surface area contributed by atoms with Gasteiger partial charge in [-0.2, -0.15) is 5.10 Å². The molecule has 0 saturated heterocycles. The maximum absolute atomic E-state index is 12.1. The first kappa shape index (κ1) is 13.1. The van der Waals surface area contributed by atoms with Crippen molar-refractivity contribution in [2.45, 2.75) is 24.5 Å². The highest BCUT2D eigenvalue weighted by molar-refractivity contribution is 7.89. The monoisotopic (exact) mass is 288 g/mol. The van der Waals surface area contributed by atoms with E-state index in [2.05, 4.69) is 19.9 Å². The lowest BCUT2D eigenvalue weighted by molar-refractivity contribution is 0.282. The van der Waals surface area contributed by atoms with E-state index in [1.807, 2.05) is 0 Å². The maximum Gasteiger partial charge on any atom is 0.242 e. The molecule has 1 atom stereocenters. The fourth-order valence-corrected chi connectivity index (χ4v) is 3.96. The van der Waals surface area contributed by atoms with Crippen LogP contribution in [0.15, 0.2) is 22.7 Å². The lowest BCUT2D eigenvalue weighted by Gasteiger charge is -2.11. The van der Waals surface area contributed by atoms with Crippen molar-refractivity contribution in [2.24, 2.45) is 0 Å². The van der Waals surface area contributed by atoms with Gasteiger partial charge in [0.2, 0.25) is 10.0 Å². The van der Waals surface area contributed by atoms with Crippen LogP contribution in [0.4, 0.5) is 0 Å². The summed E-state index contributed by atoms with van der Waals surface area (Å²) in [5.41, 5.74) is 0. The molecular formula is C9H12N4O3S2. The zero-order chi connectivity index (χ0) is 13.2. The smallest absolute Gasteiger partial charge is 0.242 e. The SMILES string of the molecule is CC(NS(=O)(=O)c1ccsc1CO)c1ncn[nH]1. The van der Waals surface area contributed by atoms with E-state index in [-0.39, 0.29) is 11.5 Å². The molecule has 3 N–H and O–H groups in total. The summed E-state index contributed by atoms with van der Waals surface area (Å²) in [6.07, 6.45) is 1.31. The third kappa shape index (κ3) is 2.58. The number of nitrogens with zero attached hydrogens (tertiary/aromatic N) is 2. The minimum Gasteiger partial charge on any atom is -0.391 e. The van der Waals surface area contributed by atoms with E-state index in [0.29, 0.717) is 10.7 Å². The van der Waals surface area contributed by atoms with E-state index >= 15 is 0 Å². The largest absolute Gasteiger partial charge is 0.391 e. The molecule has 0 amide bonds. The summed E-state index contributed by atoms with van der Waals surface area (Å²) in [6, 6.07) is 0.940. The summed E-state index contributed by atoms with van der Waals surface area (Å²) >= 11 is 1.20. The number of H-pyrrole nitrogens is 1. The van der Waals surface area contributed by atoms with Gasteiger partial charge in [0.05, 0.1) is 17.5 Å². The Morgan fingerprint density at radius 3 is 3.00 bits per heavy atom. The molecule has 2 aromatic heterocycles. The molecule has 98 valence electrons. The molecule has 7 nitrogen and oxygen atoms in total. The molecule has 0 fully saturated rings. The Labute approximate surface area is 108 Å². The molecule has 2 aromatic rings. The van der Waals surface area contributed by atoms with Crippen LogP contribution in [0.5, 0.6) is 0 Å². The normalized spacial score (nSPS) is 13.7. The number of aromatic nitrogens is 3. The van der Waals surface area contributed by atoms with Gasteiger partial charge >= 0.3 is 0 Å². The number of aromatic amines is 1. The highest BCUT2D eigenvalue weighted by atomic mass is 32.2. The predicted molar refractivity (Wildman–Crippen MR) is 65.4 cm³/mol. The number of nitrogens with one attached hydrogen (secondary N) is 2. The zero-order valence-corrected chi connectivity index (χ0v) is 11.1. The number of sulfonamides is 1. The first-order valence-electron chi connectivity index (χ1n) is 5.09. The van der Waals surface area contributed by atoms with Gasteiger partial charge in [-0.25, -0.2) is 18.1 Å². The van der Waals surface area contributed by atoms with E-state index in [9.17, 15) is 8.42 Å². The third-order valence-electron chi connectivity index (χ3n) is 2.31. The average molecular weight is 288 g/mol. The van der Waals surface area contributed by atoms with Gasteiger partial charge in [-0.1, -0.05) is 0 Å². The van der Waals surface area contributed by atoms with Crippen molar-refractivity contribution < 1.29 is 13.5 Å². The van der Waals surface area contributed by atoms with Gasteiger partial charge < -0.3 is 5.11 Å². The molecule has 0 aliphatic carbocycles. The van der Waals surface area contributed by atoms with Crippen molar-refractivity contribution in [2.75, 3.05) is 0 Å². The molecule has 9 heteroatoms. The van der Waals surface area contributed by atoms with Gasteiger partial charge in [-0.05, 0) is 18.4 Å². The van der Waals surface area contributed by atoms with E-state index in [1.165, 1.54) is 23.7 Å². The van der Waals surface area contributed by atoms with Gasteiger partial charge in [-0.3, -0.25) is 5.10 Å². The van der Waals surface area contributed by atoms with Crippen LogP contribution in [0.25, 0.3) is 0 Å². The highest BCUT2D eigenvalue weighted by Gasteiger charge is 2.23. The molecular weight excluding hydrogens is 276 g/mol. The number of rotatable bonds is 5. The number of aliphatic hydroxyl groups is 1. The number of hydrogen-bond donors (Lipinski definition) is 3. The quantitative estimate of drug-likeness (QED) is 0.738. The van der Waals surface area contributed by atoms with Crippen LogP contribution in [0, 0.1) is 0 Å². The summed E-state index contributed by atoms with van der Waals surface area (Å²) in [7, 11) is -3.67. The first-order valence-corrected chi connectivity index (χ1v) is 7.45. The Morgan fingerprint density at radius 2 is 2.39 bits per heavy atom. The lowest BCUT2D eigenvalue weighted by Crippen LogP contribution is -2.28. The molecule has 0 saturated carbocycles. The van der Waals surface area contributed by atoms with Gasteiger partial charge in [0, 0.05) is 4.88 Å². The van der Waals surface area contributed by atoms with E-state index in [4.69, 9.17) is 5.11 Å².